The lowest BCUT2D eigenvalue weighted by molar-refractivity contribution is -0.141. The maximum absolute atomic E-state index is 12.7. The zero-order chi connectivity index (χ0) is 16.2. The second-order valence-electron chi connectivity index (χ2n) is 5.68. The zero-order valence-corrected chi connectivity index (χ0v) is 13.5. The first-order valence-corrected chi connectivity index (χ1v) is 8.84. The quantitative estimate of drug-likeness (QED) is 0.626. The number of halogens is 3. The molecule has 4 rings (SSSR count). The number of hydrogen-bond donors (Lipinski definition) is 0. The van der Waals surface area contributed by atoms with Crippen molar-refractivity contribution in [2.24, 2.45) is 0 Å². The van der Waals surface area contributed by atoms with E-state index in [2.05, 4.69) is 0 Å². The Morgan fingerprint density at radius 2 is 1.91 bits per heavy atom. The maximum atomic E-state index is 12.7. The van der Waals surface area contributed by atoms with Crippen LogP contribution in [0.1, 0.15) is 22.5 Å². The van der Waals surface area contributed by atoms with Gasteiger partial charge < -0.3 is 4.90 Å². The fraction of sp³-hybridized carbons (Fsp3) is 0.312. The molecule has 1 amide bonds. The Morgan fingerprint density at radius 1 is 1.17 bits per heavy atom. The van der Waals surface area contributed by atoms with Crippen LogP contribution in [0, 0.1) is 0 Å². The second kappa shape index (κ2) is 5.21. The molecule has 0 saturated heterocycles. The van der Waals surface area contributed by atoms with Crippen LogP contribution in [-0.2, 0) is 0 Å². The molecule has 2 aromatic heterocycles. The Hall–Kier alpha value is -1.60. The van der Waals surface area contributed by atoms with E-state index in [1.54, 1.807) is 17.4 Å². The normalized spacial score (nSPS) is 15.4. The topological polar surface area (TPSA) is 20.3 Å². The molecule has 1 aromatic carbocycles. The monoisotopic (exact) mass is 355 g/mol. The van der Waals surface area contributed by atoms with Gasteiger partial charge in [0.05, 0.1) is 9.58 Å². The van der Waals surface area contributed by atoms with Crippen LogP contribution in [0.3, 0.4) is 0 Å². The summed E-state index contributed by atoms with van der Waals surface area (Å²) in [6.07, 6.45) is -3.05. The lowest BCUT2D eigenvalue weighted by atomic mass is 10.2. The van der Waals surface area contributed by atoms with Crippen LogP contribution in [-0.4, -0.2) is 29.6 Å². The molecule has 1 fully saturated rings. The number of benzene rings is 1. The molecule has 3 aromatic rings. The Morgan fingerprint density at radius 3 is 2.61 bits per heavy atom. The molecule has 0 atom stereocenters. The molecule has 1 aliphatic carbocycles. The van der Waals surface area contributed by atoms with Crippen LogP contribution in [0.15, 0.2) is 30.3 Å². The van der Waals surface area contributed by atoms with Crippen molar-refractivity contribution in [3.05, 3.63) is 35.2 Å². The van der Waals surface area contributed by atoms with Crippen LogP contribution in [0.4, 0.5) is 13.2 Å². The summed E-state index contributed by atoms with van der Waals surface area (Å²) in [4.78, 5) is 13.9. The lowest BCUT2D eigenvalue weighted by Crippen LogP contribution is -2.40. The average Bonchev–Trinajstić information content (AvgIpc) is 3.15. The molecule has 23 heavy (non-hydrogen) atoms. The summed E-state index contributed by atoms with van der Waals surface area (Å²) in [6, 6.07) is 9.34. The van der Waals surface area contributed by atoms with Gasteiger partial charge in [-0.2, -0.15) is 13.2 Å². The number of thiophene rings is 2. The van der Waals surface area contributed by atoms with Crippen LogP contribution >= 0.6 is 22.7 Å². The summed E-state index contributed by atoms with van der Waals surface area (Å²) < 4.78 is 41.3. The summed E-state index contributed by atoms with van der Waals surface area (Å²) in [5.41, 5.74) is 0. The molecule has 120 valence electrons. The van der Waals surface area contributed by atoms with Crippen molar-refractivity contribution in [2.45, 2.75) is 25.1 Å². The number of alkyl halides is 3. The zero-order valence-electron chi connectivity index (χ0n) is 11.9. The van der Waals surface area contributed by atoms with E-state index in [1.165, 1.54) is 11.3 Å². The lowest BCUT2D eigenvalue weighted by Gasteiger charge is -2.23. The van der Waals surface area contributed by atoms with Gasteiger partial charge in [0, 0.05) is 20.8 Å². The number of hydrogen-bond acceptors (Lipinski definition) is 3. The first-order valence-electron chi connectivity index (χ1n) is 7.21. The second-order valence-corrected chi connectivity index (χ2v) is 7.82. The van der Waals surface area contributed by atoms with E-state index >= 15 is 0 Å². The molecule has 2 nitrogen and oxygen atoms in total. The van der Waals surface area contributed by atoms with E-state index in [0.717, 1.165) is 24.4 Å². The van der Waals surface area contributed by atoms with Crippen LogP contribution in [0.25, 0.3) is 19.5 Å². The summed E-state index contributed by atoms with van der Waals surface area (Å²) in [6.45, 7) is -1.16. The van der Waals surface area contributed by atoms with Crippen molar-refractivity contribution in [1.82, 2.24) is 4.90 Å². The maximum Gasteiger partial charge on any atom is 0.406 e. The molecule has 0 N–H and O–H groups in total. The Kier molecular flexibility index (Phi) is 3.39. The van der Waals surface area contributed by atoms with Gasteiger partial charge in [-0.3, -0.25) is 4.79 Å². The van der Waals surface area contributed by atoms with Gasteiger partial charge in [-0.15, -0.1) is 22.7 Å². The highest BCUT2D eigenvalue weighted by atomic mass is 32.1. The van der Waals surface area contributed by atoms with E-state index in [9.17, 15) is 18.0 Å². The van der Waals surface area contributed by atoms with E-state index < -0.39 is 18.6 Å². The standard InChI is InChI=1S/C16H12F3NOS2/c17-16(18,19)8-20(9-5-6-9)15(21)13-7-12-14(23-13)10-3-1-2-4-11(10)22-12/h1-4,7,9H,5-6,8H2. The van der Waals surface area contributed by atoms with Crippen LogP contribution in [0.2, 0.25) is 0 Å². The first kappa shape index (κ1) is 15.0. The van der Waals surface area contributed by atoms with Crippen molar-refractivity contribution in [1.29, 1.82) is 0 Å². The Balaban J connectivity index is 1.71. The third-order valence-corrected chi connectivity index (χ3v) is 6.26. The molecule has 0 unspecified atom stereocenters. The Bertz CT molecular complexity index is 892. The van der Waals surface area contributed by atoms with Crippen molar-refractivity contribution < 1.29 is 18.0 Å². The molecular formula is C16H12F3NOS2. The van der Waals surface area contributed by atoms with Crippen LogP contribution in [0.5, 0.6) is 0 Å². The van der Waals surface area contributed by atoms with Gasteiger partial charge in [0.1, 0.15) is 6.54 Å². The molecule has 1 saturated carbocycles. The number of rotatable bonds is 3. The summed E-state index contributed by atoms with van der Waals surface area (Å²) in [5, 5.41) is 1.06. The van der Waals surface area contributed by atoms with E-state index in [1.807, 2.05) is 24.3 Å². The minimum absolute atomic E-state index is 0.263. The van der Waals surface area contributed by atoms with Gasteiger partial charge in [-0.1, -0.05) is 18.2 Å². The molecule has 2 heterocycles. The van der Waals surface area contributed by atoms with Gasteiger partial charge in [0.15, 0.2) is 0 Å². The van der Waals surface area contributed by atoms with Gasteiger partial charge in [-0.05, 0) is 25.0 Å². The largest absolute Gasteiger partial charge is 0.406 e. The minimum atomic E-state index is -4.36. The highest BCUT2D eigenvalue weighted by Gasteiger charge is 2.41. The molecule has 1 aliphatic rings. The fourth-order valence-corrected chi connectivity index (χ4v) is 5.17. The number of nitrogens with zero attached hydrogens (tertiary/aromatic N) is 1. The predicted molar refractivity (Wildman–Crippen MR) is 87.3 cm³/mol. The average molecular weight is 355 g/mol. The number of amides is 1. The van der Waals surface area contributed by atoms with E-state index in [-0.39, 0.29) is 6.04 Å². The van der Waals surface area contributed by atoms with Crippen molar-refractivity contribution in [3.8, 4) is 0 Å². The third-order valence-electron chi connectivity index (χ3n) is 3.86. The SMILES string of the molecule is O=C(c1cc2sc3ccccc3c2s1)N(CC(F)(F)F)C1CC1. The molecule has 0 aliphatic heterocycles. The van der Waals surface area contributed by atoms with Gasteiger partial charge >= 0.3 is 6.18 Å². The summed E-state index contributed by atoms with van der Waals surface area (Å²) in [5.74, 6) is -0.498. The Labute approximate surface area is 138 Å². The van der Waals surface area contributed by atoms with E-state index in [0.29, 0.717) is 17.7 Å². The van der Waals surface area contributed by atoms with Crippen molar-refractivity contribution in [2.75, 3.05) is 6.54 Å². The summed E-state index contributed by atoms with van der Waals surface area (Å²) >= 11 is 2.86. The minimum Gasteiger partial charge on any atom is -0.326 e. The molecule has 0 spiro atoms. The van der Waals surface area contributed by atoms with Gasteiger partial charge in [0.25, 0.3) is 5.91 Å². The smallest absolute Gasteiger partial charge is 0.326 e. The van der Waals surface area contributed by atoms with Crippen molar-refractivity contribution >= 4 is 48.1 Å². The highest BCUT2D eigenvalue weighted by molar-refractivity contribution is 7.33. The van der Waals surface area contributed by atoms with Crippen LogP contribution < -0.4 is 0 Å². The third kappa shape index (κ3) is 2.83. The summed E-state index contributed by atoms with van der Waals surface area (Å²) in [7, 11) is 0. The molecular weight excluding hydrogens is 343 g/mol. The molecule has 0 bridgehead atoms. The number of carbonyl (C=O) groups excluding carboxylic acids is 1. The number of fused-ring (bicyclic) bond motifs is 3. The number of carbonyl (C=O) groups is 1. The highest BCUT2D eigenvalue weighted by Crippen LogP contribution is 2.40. The van der Waals surface area contributed by atoms with Gasteiger partial charge in [-0.25, -0.2) is 0 Å². The fourth-order valence-electron chi connectivity index (χ4n) is 2.69. The molecule has 0 radical (unpaired) electrons. The first-order chi connectivity index (χ1) is 10.9. The van der Waals surface area contributed by atoms with Crippen molar-refractivity contribution in [3.63, 3.8) is 0 Å². The molecule has 7 heteroatoms. The van der Waals surface area contributed by atoms with E-state index in [4.69, 9.17) is 0 Å². The van der Waals surface area contributed by atoms with Gasteiger partial charge in [0.2, 0.25) is 0 Å². The predicted octanol–water partition coefficient (Wildman–Crippen LogP) is 5.28.